The van der Waals surface area contributed by atoms with E-state index < -0.39 is 0 Å². The molecule has 2 nitrogen and oxygen atoms in total. The van der Waals surface area contributed by atoms with E-state index >= 15 is 0 Å². The molecule has 0 fully saturated rings. The molecule has 190 valence electrons. The monoisotopic (exact) mass is 556 g/mol. The van der Waals surface area contributed by atoms with Crippen molar-refractivity contribution >= 4 is 84.8 Å². The summed E-state index contributed by atoms with van der Waals surface area (Å²) in [6, 6.07) is 45.9. The van der Waals surface area contributed by atoms with Gasteiger partial charge in [-0.2, -0.15) is 5.26 Å². The molecule has 41 heavy (non-hydrogen) atoms. The van der Waals surface area contributed by atoms with Crippen LogP contribution in [0.15, 0.2) is 121 Å². The first-order valence-electron chi connectivity index (χ1n) is 13.6. The molecule has 0 atom stereocenters. The largest absolute Gasteiger partial charge is 0.308 e. The van der Waals surface area contributed by atoms with Gasteiger partial charge in [0.25, 0.3) is 0 Å². The van der Waals surface area contributed by atoms with Gasteiger partial charge in [0.15, 0.2) is 0 Å². The number of benzene rings is 6. The zero-order valence-corrected chi connectivity index (χ0v) is 23.4. The molecule has 0 radical (unpaired) electrons. The normalized spacial score (nSPS) is 11.9. The third-order valence-corrected chi connectivity index (χ3v) is 10.6. The second kappa shape index (κ2) is 8.52. The van der Waals surface area contributed by atoms with Gasteiger partial charge in [-0.3, -0.25) is 0 Å². The minimum Gasteiger partial charge on any atom is -0.308 e. The smallest absolute Gasteiger partial charge is 0.0991 e. The van der Waals surface area contributed by atoms with Gasteiger partial charge in [-0.25, -0.2) is 0 Å². The molecule has 0 spiro atoms. The topological polar surface area (TPSA) is 28.7 Å². The van der Waals surface area contributed by atoms with Crippen molar-refractivity contribution in [3.05, 3.63) is 127 Å². The molecule has 0 N–H and O–H groups in total. The van der Waals surface area contributed by atoms with Crippen LogP contribution in [0, 0.1) is 11.3 Å². The lowest BCUT2D eigenvalue weighted by molar-refractivity contribution is 1.20. The summed E-state index contributed by atoms with van der Waals surface area (Å²) >= 11 is 3.71. The second-order valence-corrected chi connectivity index (χ2v) is 12.6. The number of para-hydroxylation sites is 1. The Balaban J connectivity index is 1.27. The molecule has 0 saturated carbocycles. The molecular formula is C37H20N2S2. The van der Waals surface area contributed by atoms with Crippen LogP contribution in [0.25, 0.3) is 79.0 Å². The lowest BCUT2D eigenvalue weighted by atomic mass is 10.0. The van der Waals surface area contributed by atoms with Crippen molar-refractivity contribution in [2.45, 2.75) is 0 Å². The molecular weight excluding hydrogens is 537 g/mol. The maximum absolute atomic E-state index is 9.55. The number of aromatic nitrogens is 1. The molecule has 4 heteroatoms. The Morgan fingerprint density at radius 3 is 1.98 bits per heavy atom. The van der Waals surface area contributed by atoms with Gasteiger partial charge < -0.3 is 4.57 Å². The van der Waals surface area contributed by atoms with Crippen LogP contribution in [0.2, 0.25) is 0 Å². The van der Waals surface area contributed by atoms with Gasteiger partial charge in [0.05, 0.1) is 33.1 Å². The third kappa shape index (κ3) is 3.28. The predicted molar refractivity (Wildman–Crippen MR) is 177 cm³/mol. The molecule has 0 aliphatic carbocycles. The van der Waals surface area contributed by atoms with Crippen molar-refractivity contribution in [1.29, 1.82) is 5.26 Å². The predicted octanol–water partition coefficient (Wildman–Crippen LogP) is 11.1. The highest BCUT2D eigenvalue weighted by Crippen LogP contribution is 2.43. The van der Waals surface area contributed by atoms with E-state index in [2.05, 4.69) is 120 Å². The second-order valence-electron chi connectivity index (χ2n) is 10.5. The first-order chi connectivity index (χ1) is 20.3. The van der Waals surface area contributed by atoms with E-state index in [4.69, 9.17) is 0 Å². The Kier molecular flexibility index (Phi) is 4.74. The summed E-state index contributed by atoms with van der Waals surface area (Å²) in [7, 11) is 0. The summed E-state index contributed by atoms with van der Waals surface area (Å²) in [5.41, 5.74) is 6.61. The standard InChI is InChI=1S/C37H20N2S2/c38-21-22-12-15-32-28(18-22)25-6-1-3-9-31(25)39(32)33-10-5-8-27-30-20-24(14-17-36(30)41-37(27)33)23-13-16-35-29(19-23)26-7-2-4-11-34(26)40-35/h1-20H. The van der Waals surface area contributed by atoms with Crippen LogP contribution in [-0.2, 0) is 0 Å². The number of hydrogen-bond donors (Lipinski definition) is 0. The first kappa shape index (κ1) is 22.8. The van der Waals surface area contributed by atoms with Crippen LogP contribution < -0.4 is 0 Å². The van der Waals surface area contributed by atoms with Gasteiger partial charge in [0, 0.05) is 46.4 Å². The summed E-state index contributed by atoms with van der Waals surface area (Å²) in [5, 5.41) is 17.0. The fourth-order valence-electron chi connectivity index (χ4n) is 6.35. The summed E-state index contributed by atoms with van der Waals surface area (Å²) in [6.07, 6.45) is 0. The summed E-state index contributed by atoms with van der Waals surface area (Å²) in [4.78, 5) is 0. The van der Waals surface area contributed by atoms with Crippen LogP contribution in [0.5, 0.6) is 0 Å². The minimum absolute atomic E-state index is 0.682. The zero-order valence-electron chi connectivity index (χ0n) is 21.8. The number of thiophene rings is 2. The van der Waals surface area contributed by atoms with Gasteiger partial charge in [0.1, 0.15) is 0 Å². The molecule has 0 aliphatic rings. The lowest BCUT2D eigenvalue weighted by Gasteiger charge is -2.09. The van der Waals surface area contributed by atoms with Gasteiger partial charge in [-0.1, -0.05) is 60.7 Å². The fraction of sp³-hybridized carbons (Fsp3) is 0. The Labute approximate surface area is 243 Å². The van der Waals surface area contributed by atoms with E-state index in [1.54, 1.807) is 0 Å². The van der Waals surface area contributed by atoms with Crippen molar-refractivity contribution in [2.75, 3.05) is 0 Å². The average Bonchev–Trinajstić information content (AvgIpc) is 3.69. The summed E-state index contributed by atoms with van der Waals surface area (Å²) in [6.45, 7) is 0. The molecule has 9 aromatic rings. The van der Waals surface area contributed by atoms with Gasteiger partial charge in [0.2, 0.25) is 0 Å². The Hall–Kier alpha value is -4.95. The third-order valence-electron chi connectivity index (χ3n) is 8.23. The van der Waals surface area contributed by atoms with Crippen LogP contribution >= 0.6 is 22.7 Å². The highest BCUT2D eigenvalue weighted by molar-refractivity contribution is 7.26. The number of fused-ring (bicyclic) bond motifs is 9. The van der Waals surface area contributed by atoms with Crippen LogP contribution in [0.3, 0.4) is 0 Å². The van der Waals surface area contributed by atoms with E-state index in [1.165, 1.54) is 57.2 Å². The highest BCUT2D eigenvalue weighted by Gasteiger charge is 2.17. The van der Waals surface area contributed by atoms with Crippen LogP contribution in [-0.4, -0.2) is 4.57 Å². The SMILES string of the molecule is N#Cc1ccc2c(c1)c1ccccc1n2-c1cccc2c1sc1ccc(-c3ccc4sc5ccccc5c4c3)cc12. The maximum atomic E-state index is 9.55. The molecule has 0 saturated heterocycles. The maximum Gasteiger partial charge on any atom is 0.0991 e. The number of nitrogens with zero attached hydrogens (tertiary/aromatic N) is 2. The summed E-state index contributed by atoms with van der Waals surface area (Å²) < 4.78 is 7.58. The quantitative estimate of drug-likeness (QED) is 0.208. The van der Waals surface area contributed by atoms with Crippen molar-refractivity contribution in [3.63, 3.8) is 0 Å². The highest BCUT2D eigenvalue weighted by atomic mass is 32.1. The number of rotatable bonds is 2. The van der Waals surface area contributed by atoms with Crippen molar-refractivity contribution in [3.8, 4) is 22.9 Å². The van der Waals surface area contributed by atoms with Gasteiger partial charge in [-0.05, 0) is 71.8 Å². The fourth-order valence-corrected chi connectivity index (χ4v) is 8.62. The molecule has 0 amide bonds. The molecule has 3 heterocycles. The Morgan fingerprint density at radius 2 is 1.15 bits per heavy atom. The summed E-state index contributed by atoms with van der Waals surface area (Å²) in [5.74, 6) is 0. The van der Waals surface area contributed by atoms with E-state index in [0.717, 1.165) is 21.8 Å². The molecule has 0 bridgehead atoms. The van der Waals surface area contributed by atoms with Crippen molar-refractivity contribution in [1.82, 2.24) is 4.57 Å². The van der Waals surface area contributed by atoms with Crippen molar-refractivity contribution in [2.24, 2.45) is 0 Å². The molecule has 0 unspecified atom stereocenters. The Bertz CT molecular complexity index is 2550. The van der Waals surface area contributed by atoms with Crippen LogP contribution in [0.4, 0.5) is 0 Å². The van der Waals surface area contributed by atoms with Crippen LogP contribution in [0.1, 0.15) is 5.56 Å². The van der Waals surface area contributed by atoms with Gasteiger partial charge in [-0.15, -0.1) is 22.7 Å². The average molecular weight is 557 g/mol. The minimum atomic E-state index is 0.682. The van der Waals surface area contributed by atoms with E-state index in [0.29, 0.717) is 5.56 Å². The Morgan fingerprint density at radius 1 is 0.488 bits per heavy atom. The van der Waals surface area contributed by atoms with E-state index in [1.807, 2.05) is 34.8 Å². The molecule has 0 aliphatic heterocycles. The van der Waals surface area contributed by atoms with Gasteiger partial charge >= 0.3 is 0 Å². The molecule has 3 aromatic heterocycles. The first-order valence-corrected chi connectivity index (χ1v) is 15.2. The molecule has 6 aromatic carbocycles. The lowest BCUT2D eigenvalue weighted by Crippen LogP contribution is -1.93. The van der Waals surface area contributed by atoms with E-state index in [-0.39, 0.29) is 0 Å². The van der Waals surface area contributed by atoms with E-state index in [9.17, 15) is 5.26 Å². The number of hydrogen-bond acceptors (Lipinski definition) is 3. The molecule has 9 rings (SSSR count). The number of nitriles is 1. The zero-order chi connectivity index (χ0) is 27.1. The van der Waals surface area contributed by atoms with Crippen molar-refractivity contribution < 1.29 is 0 Å².